The molecule has 0 unspecified atom stereocenters. The fraction of sp³-hybridized carbons (Fsp3) is 0.469. The molecule has 0 fully saturated rings. The van der Waals surface area contributed by atoms with Gasteiger partial charge in [-0.1, -0.05) is 51.3 Å². The molecule has 208 valence electrons. The van der Waals surface area contributed by atoms with Crippen molar-refractivity contribution in [3.63, 3.8) is 0 Å². The number of benzene rings is 2. The highest BCUT2D eigenvalue weighted by Crippen LogP contribution is 2.31. The van der Waals surface area contributed by atoms with Gasteiger partial charge in [-0.2, -0.15) is 0 Å². The molecule has 0 saturated heterocycles. The van der Waals surface area contributed by atoms with Gasteiger partial charge in [-0.25, -0.2) is 9.97 Å². The van der Waals surface area contributed by atoms with Crippen molar-refractivity contribution in [1.29, 1.82) is 0 Å². The molecule has 39 heavy (non-hydrogen) atoms. The summed E-state index contributed by atoms with van der Waals surface area (Å²) in [4.78, 5) is 26.1. The number of aromatic nitrogens is 2. The van der Waals surface area contributed by atoms with Gasteiger partial charge in [0.25, 0.3) is 5.91 Å². The lowest BCUT2D eigenvalue weighted by atomic mass is 9.99. The third-order valence-corrected chi connectivity index (χ3v) is 7.45. The number of carbonyl (C=O) groups is 1. The van der Waals surface area contributed by atoms with Gasteiger partial charge in [0.2, 0.25) is 0 Å². The van der Waals surface area contributed by atoms with Crippen molar-refractivity contribution < 1.29 is 14.3 Å². The number of hydrogen-bond acceptors (Lipinski definition) is 6. The first-order valence-electron chi connectivity index (χ1n) is 14.1. The van der Waals surface area contributed by atoms with Gasteiger partial charge in [0.15, 0.2) is 0 Å². The van der Waals surface area contributed by atoms with Crippen LogP contribution in [0.5, 0.6) is 5.75 Å². The second-order valence-electron chi connectivity index (χ2n) is 10.7. The fourth-order valence-electron chi connectivity index (χ4n) is 5.30. The summed E-state index contributed by atoms with van der Waals surface area (Å²) < 4.78 is 11.0. The minimum atomic E-state index is -0.00976. The number of anilines is 1. The molecule has 7 heteroatoms. The number of methoxy groups -OCH3 is 2. The standard InChI is InChI=1S/C32H42N4O3/c1-24(2)25-11-13-31(39-4)28(16-25)21-35-14-8-6-5-7-9-15-36(32(37)22-38-3)30-12-10-26(17-27(30)20-35)29-18-33-23-34-19-29/h10-13,16-19,23-24H,5-9,14-15,20-22H2,1-4H3. The Balaban J connectivity index is 1.76. The zero-order valence-corrected chi connectivity index (χ0v) is 23.9. The Morgan fingerprint density at radius 2 is 1.67 bits per heavy atom. The van der Waals surface area contributed by atoms with Crippen molar-refractivity contribution in [3.05, 3.63) is 71.8 Å². The summed E-state index contributed by atoms with van der Waals surface area (Å²) in [5.74, 6) is 1.35. The molecule has 0 saturated carbocycles. The molecule has 0 aliphatic carbocycles. The van der Waals surface area contributed by atoms with E-state index in [-0.39, 0.29) is 12.5 Å². The zero-order chi connectivity index (χ0) is 27.6. The quantitative estimate of drug-likeness (QED) is 0.361. The van der Waals surface area contributed by atoms with E-state index in [2.05, 4.69) is 65.1 Å². The van der Waals surface area contributed by atoms with Gasteiger partial charge in [-0.3, -0.25) is 9.69 Å². The third kappa shape index (κ3) is 7.64. The summed E-state index contributed by atoms with van der Waals surface area (Å²) in [6, 6.07) is 12.9. The van der Waals surface area contributed by atoms with E-state index in [1.54, 1.807) is 20.5 Å². The van der Waals surface area contributed by atoms with Crippen molar-refractivity contribution >= 4 is 11.6 Å². The van der Waals surface area contributed by atoms with Gasteiger partial charge < -0.3 is 14.4 Å². The number of fused-ring (bicyclic) bond motifs is 1. The van der Waals surface area contributed by atoms with E-state index < -0.39 is 0 Å². The number of carbonyl (C=O) groups excluding carboxylic acids is 1. The topological polar surface area (TPSA) is 67.8 Å². The van der Waals surface area contributed by atoms with Crippen LogP contribution >= 0.6 is 0 Å². The van der Waals surface area contributed by atoms with Gasteiger partial charge in [0.1, 0.15) is 18.7 Å². The SMILES string of the molecule is COCC(=O)N1CCCCCCCN(Cc2cc(C(C)C)ccc2OC)Cc2cc(-c3cncnc3)ccc21. The van der Waals surface area contributed by atoms with Crippen LogP contribution in [0.25, 0.3) is 11.1 Å². The van der Waals surface area contributed by atoms with E-state index in [0.717, 1.165) is 60.5 Å². The third-order valence-electron chi connectivity index (χ3n) is 7.45. The Labute approximate surface area is 233 Å². The number of ether oxygens (including phenoxy) is 2. The molecule has 1 aliphatic heterocycles. The molecule has 7 nitrogen and oxygen atoms in total. The fourth-order valence-corrected chi connectivity index (χ4v) is 5.30. The molecule has 0 atom stereocenters. The van der Waals surface area contributed by atoms with Crippen LogP contribution in [0.1, 0.15) is 68.6 Å². The van der Waals surface area contributed by atoms with Crippen LogP contribution in [0.3, 0.4) is 0 Å². The number of rotatable bonds is 7. The highest BCUT2D eigenvalue weighted by Gasteiger charge is 2.22. The highest BCUT2D eigenvalue weighted by atomic mass is 16.5. The molecule has 0 radical (unpaired) electrons. The van der Waals surface area contributed by atoms with Crippen molar-refractivity contribution in [2.75, 3.05) is 38.8 Å². The van der Waals surface area contributed by atoms with Gasteiger partial charge in [-0.05, 0) is 60.2 Å². The predicted molar refractivity (Wildman–Crippen MR) is 156 cm³/mol. The maximum Gasteiger partial charge on any atom is 0.252 e. The van der Waals surface area contributed by atoms with Crippen LogP contribution in [-0.4, -0.2) is 54.7 Å². The number of hydrogen-bond donors (Lipinski definition) is 0. The van der Waals surface area contributed by atoms with Crippen molar-refractivity contribution in [2.24, 2.45) is 0 Å². The largest absolute Gasteiger partial charge is 0.496 e. The second kappa shape index (κ2) is 14.2. The van der Waals surface area contributed by atoms with Crippen molar-refractivity contribution in [2.45, 2.75) is 65.0 Å². The van der Waals surface area contributed by atoms with E-state index in [9.17, 15) is 4.79 Å². The second-order valence-corrected chi connectivity index (χ2v) is 10.7. The van der Waals surface area contributed by atoms with Gasteiger partial charge in [0.05, 0.1) is 7.11 Å². The van der Waals surface area contributed by atoms with E-state index in [0.29, 0.717) is 19.0 Å². The summed E-state index contributed by atoms with van der Waals surface area (Å²) in [6.07, 6.45) is 10.8. The van der Waals surface area contributed by atoms with Crippen LogP contribution in [-0.2, 0) is 22.6 Å². The van der Waals surface area contributed by atoms with E-state index >= 15 is 0 Å². The summed E-state index contributed by atoms with van der Waals surface area (Å²) in [5.41, 5.74) is 6.56. The summed E-state index contributed by atoms with van der Waals surface area (Å²) in [7, 11) is 3.32. The van der Waals surface area contributed by atoms with Crippen molar-refractivity contribution in [3.8, 4) is 16.9 Å². The lowest BCUT2D eigenvalue weighted by Crippen LogP contribution is -2.36. The molecular formula is C32H42N4O3. The molecule has 0 N–H and O–H groups in total. The molecule has 1 aromatic heterocycles. The van der Waals surface area contributed by atoms with E-state index in [1.165, 1.54) is 24.0 Å². The molecular weight excluding hydrogens is 488 g/mol. The average molecular weight is 531 g/mol. The molecule has 1 aliphatic rings. The monoisotopic (exact) mass is 530 g/mol. The smallest absolute Gasteiger partial charge is 0.252 e. The molecule has 2 aromatic carbocycles. The lowest BCUT2D eigenvalue weighted by Gasteiger charge is -2.30. The van der Waals surface area contributed by atoms with Crippen LogP contribution < -0.4 is 9.64 Å². The molecule has 0 bridgehead atoms. The Morgan fingerprint density at radius 1 is 0.923 bits per heavy atom. The number of nitrogens with zero attached hydrogens (tertiary/aromatic N) is 4. The summed E-state index contributed by atoms with van der Waals surface area (Å²) >= 11 is 0. The number of amides is 1. The van der Waals surface area contributed by atoms with Gasteiger partial charge >= 0.3 is 0 Å². The predicted octanol–water partition coefficient (Wildman–Crippen LogP) is 6.22. The van der Waals surface area contributed by atoms with Crippen LogP contribution in [0.2, 0.25) is 0 Å². The first kappa shape index (κ1) is 28.7. The minimum Gasteiger partial charge on any atom is -0.496 e. The molecule has 3 aromatic rings. The molecule has 4 rings (SSSR count). The maximum absolute atomic E-state index is 13.2. The lowest BCUT2D eigenvalue weighted by molar-refractivity contribution is -0.122. The Morgan fingerprint density at radius 3 is 2.38 bits per heavy atom. The van der Waals surface area contributed by atoms with Crippen LogP contribution in [0, 0.1) is 0 Å². The maximum atomic E-state index is 13.2. The minimum absolute atomic E-state index is 0.00976. The molecule has 1 amide bonds. The molecule has 2 heterocycles. The van der Waals surface area contributed by atoms with E-state index in [1.807, 2.05) is 17.3 Å². The Bertz CT molecular complexity index is 1220. The summed E-state index contributed by atoms with van der Waals surface area (Å²) in [6.45, 7) is 7.65. The Hall–Kier alpha value is -3.29. The van der Waals surface area contributed by atoms with Gasteiger partial charge in [0, 0.05) is 56.0 Å². The normalized spacial score (nSPS) is 15.4. The average Bonchev–Trinajstić information content (AvgIpc) is 2.94. The Kier molecular flexibility index (Phi) is 10.5. The summed E-state index contributed by atoms with van der Waals surface area (Å²) in [5, 5.41) is 0. The first-order valence-corrected chi connectivity index (χ1v) is 14.1. The first-order chi connectivity index (χ1) is 19.0. The highest BCUT2D eigenvalue weighted by molar-refractivity contribution is 5.95. The van der Waals surface area contributed by atoms with Crippen LogP contribution in [0.15, 0.2) is 55.1 Å². The van der Waals surface area contributed by atoms with Crippen LogP contribution in [0.4, 0.5) is 5.69 Å². The van der Waals surface area contributed by atoms with E-state index in [4.69, 9.17) is 9.47 Å². The molecule has 0 spiro atoms. The van der Waals surface area contributed by atoms with Gasteiger partial charge in [-0.15, -0.1) is 0 Å². The van der Waals surface area contributed by atoms with Crippen molar-refractivity contribution in [1.82, 2.24) is 14.9 Å². The zero-order valence-electron chi connectivity index (χ0n) is 23.9.